The van der Waals surface area contributed by atoms with E-state index in [4.69, 9.17) is 11.6 Å². The number of nitrogens with zero attached hydrogens (tertiary/aromatic N) is 2. The van der Waals surface area contributed by atoms with Crippen molar-refractivity contribution in [1.82, 2.24) is 9.29 Å². The van der Waals surface area contributed by atoms with Crippen molar-refractivity contribution in [3.63, 3.8) is 0 Å². The van der Waals surface area contributed by atoms with E-state index in [1.165, 1.54) is 10.5 Å². The highest BCUT2D eigenvalue weighted by atomic mass is 35.5. The van der Waals surface area contributed by atoms with E-state index in [0.717, 1.165) is 11.3 Å². The Hall–Kier alpha value is -0.170. The summed E-state index contributed by atoms with van der Waals surface area (Å²) in [6.45, 7) is 4.50. The Bertz CT molecular complexity index is 398. The Morgan fingerprint density at radius 1 is 1.50 bits per heavy atom. The molecule has 0 aliphatic rings. The van der Waals surface area contributed by atoms with E-state index in [-0.39, 0.29) is 8.68 Å². The SMILES string of the molecule is CCN(CC)S(=O)(=O)c1cnc(Cl)s1. The molecule has 1 heterocycles. The third-order valence-corrected chi connectivity index (χ3v) is 5.36. The summed E-state index contributed by atoms with van der Waals surface area (Å²) in [7, 11) is -3.38. The minimum absolute atomic E-state index is 0.200. The first-order chi connectivity index (χ1) is 6.52. The predicted octanol–water partition coefficient (Wildman–Crippen LogP) is 1.83. The Morgan fingerprint density at radius 3 is 2.43 bits per heavy atom. The largest absolute Gasteiger partial charge is 0.254 e. The number of hydrogen-bond donors (Lipinski definition) is 0. The highest BCUT2D eigenvalue weighted by Gasteiger charge is 2.23. The molecule has 4 nitrogen and oxygen atoms in total. The quantitative estimate of drug-likeness (QED) is 0.824. The first kappa shape index (κ1) is 11.9. The van der Waals surface area contributed by atoms with Gasteiger partial charge in [-0.2, -0.15) is 4.31 Å². The first-order valence-electron chi connectivity index (χ1n) is 4.13. The maximum absolute atomic E-state index is 11.8. The highest BCUT2D eigenvalue weighted by Crippen LogP contribution is 2.25. The Labute approximate surface area is 92.6 Å². The number of aromatic nitrogens is 1. The van der Waals surface area contributed by atoms with Gasteiger partial charge in [0.2, 0.25) is 0 Å². The van der Waals surface area contributed by atoms with Gasteiger partial charge in [0.15, 0.2) is 8.68 Å². The van der Waals surface area contributed by atoms with Gasteiger partial charge in [0.1, 0.15) is 0 Å². The second-order valence-electron chi connectivity index (χ2n) is 2.52. The molecule has 0 fully saturated rings. The number of hydrogen-bond acceptors (Lipinski definition) is 4. The molecule has 0 aliphatic heterocycles. The first-order valence-corrected chi connectivity index (χ1v) is 6.77. The zero-order valence-electron chi connectivity index (χ0n) is 7.90. The molecule has 0 aromatic carbocycles. The number of rotatable bonds is 4. The van der Waals surface area contributed by atoms with Gasteiger partial charge in [-0.05, 0) is 0 Å². The number of thiazole rings is 1. The van der Waals surface area contributed by atoms with E-state index in [9.17, 15) is 8.42 Å². The average molecular weight is 255 g/mol. The van der Waals surface area contributed by atoms with E-state index >= 15 is 0 Å². The molecule has 80 valence electrons. The van der Waals surface area contributed by atoms with Crippen molar-refractivity contribution in [3.05, 3.63) is 10.7 Å². The molecule has 0 saturated heterocycles. The van der Waals surface area contributed by atoms with Gasteiger partial charge in [-0.15, -0.1) is 0 Å². The van der Waals surface area contributed by atoms with Gasteiger partial charge in [0, 0.05) is 13.1 Å². The molecular weight excluding hydrogens is 244 g/mol. The topological polar surface area (TPSA) is 50.3 Å². The lowest BCUT2D eigenvalue weighted by Gasteiger charge is -2.16. The fourth-order valence-corrected chi connectivity index (χ4v) is 3.96. The molecule has 1 rings (SSSR count). The van der Waals surface area contributed by atoms with Crippen molar-refractivity contribution < 1.29 is 8.42 Å². The number of sulfonamides is 1. The molecule has 0 saturated carbocycles. The summed E-state index contributed by atoms with van der Waals surface area (Å²) in [6.07, 6.45) is 1.29. The second-order valence-corrected chi connectivity index (χ2v) is 6.30. The summed E-state index contributed by atoms with van der Waals surface area (Å²) in [5.74, 6) is 0. The molecule has 0 aliphatic carbocycles. The molecule has 0 unspecified atom stereocenters. The van der Waals surface area contributed by atoms with E-state index in [2.05, 4.69) is 4.98 Å². The maximum Gasteiger partial charge on any atom is 0.254 e. The van der Waals surface area contributed by atoms with Crippen LogP contribution in [0.4, 0.5) is 0 Å². The summed E-state index contributed by atoms with van der Waals surface area (Å²) < 4.78 is 25.5. The molecule has 14 heavy (non-hydrogen) atoms. The van der Waals surface area contributed by atoms with E-state index in [1.807, 2.05) is 0 Å². The summed E-state index contributed by atoms with van der Waals surface area (Å²) in [6, 6.07) is 0. The standard InChI is InChI=1S/C7H11ClN2O2S2/c1-3-10(4-2)14(11,12)6-5-9-7(8)13-6/h5H,3-4H2,1-2H3. The summed E-state index contributed by atoms with van der Waals surface area (Å²) in [5, 5.41) is 0. The Morgan fingerprint density at radius 2 is 2.07 bits per heavy atom. The van der Waals surface area contributed by atoms with Gasteiger partial charge >= 0.3 is 0 Å². The van der Waals surface area contributed by atoms with Crippen LogP contribution in [-0.4, -0.2) is 30.8 Å². The van der Waals surface area contributed by atoms with Gasteiger partial charge in [-0.1, -0.05) is 36.8 Å². The van der Waals surface area contributed by atoms with Crippen molar-refractivity contribution in [1.29, 1.82) is 0 Å². The highest BCUT2D eigenvalue weighted by molar-refractivity contribution is 7.91. The monoisotopic (exact) mass is 254 g/mol. The fourth-order valence-electron chi connectivity index (χ4n) is 1.05. The third-order valence-electron chi connectivity index (χ3n) is 1.76. The van der Waals surface area contributed by atoms with Gasteiger partial charge in [0.05, 0.1) is 6.20 Å². The zero-order valence-corrected chi connectivity index (χ0v) is 10.3. The summed E-state index contributed by atoms with van der Waals surface area (Å²) in [4.78, 5) is 3.71. The second kappa shape index (κ2) is 4.57. The predicted molar refractivity (Wildman–Crippen MR) is 57.2 cm³/mol. The van der Waals surface area contributed by atoms with Crippen molar-refractivity contribution in [2.45, 2.75) is 18.1 Å². The molecule has 1 aromatic rings. The van der Waals surface area contributed by atoms with E-state index in [1.54, 1.807) is 13.8 Å². The van der Waals surface area contributed by atoms with Crippen LogP contribution >= 0.6 is 22.9 Å². The summed E-state index contributed by atoms with van der Waals surface area (Å²) in [5.41, 5.74) is 0. The van der Waals surface area contributed by atoms with Crippen LogP contribution in [0.2, 0.25) is 4.47 Å². The molecule has 1 aromatic heterocycles. The molecule has 0 atom stereocenters. The molecular formula is C7H11ClN2O2S2. The van der Waals surface area contributed by atoms with Crippen LogP contribution in [-0.2, 0) is 10.0 Å². The Balaban J connectivity index is 3.07. The van der Waals surface area contributed by atoms with Crippen molar-refractivity contribution in [3.8, 4) is 0 Å². The zero-order chi connectivity index (χ0) is 10.8. The summed E-state index contributed by atoms with van der Waals surface area (Å²) >= 11 is 6.56. The van der Waals surface area contributed by atoms with Gasteiger partial charge in [-0.3, -0.25) is 0 Å². The smallest absolute Gasteiger partial charge is 0.232 e. The van der Waals surface area contributed by atoms with Crippen molar-refractivity contribution in [2.24, 2.45) is 0 Å². The van der Waals surface area contributed by atoms with Crippen molar-refractivity contribution >= 4 is 33.0 Å². The van der Waals surface area contributed by atoms with E-state index < -0.39 is 10.0 Å². The van der Waals surface area contributed by atoms with Crippen LogP contribution < -0.4 is 0 Å². The maximum atomic E-state index is 11.8. The minimum atomic E-state index is -3.38. The average Bonchev–Trinajstić information content (AvgIpc) is 2.54. The van der Waals surface area contributed by atoms with E-state index in [0.29, 0.717) is 13.1 Å². The van der Waals surface area contributed by atoms with Crippen LogP contribution in [0, 0.1) is 0 Å². The lowest BCUT2D eigenvalue weighted by molar-refractivity contribution is 0.446. The third kappa shape index (κ3) is 2.25. The van der Waals surface area contributed by atoms with Gasteiger partial charge in [-0.25, -0.2) is 13.4 Å². The lowest BCUT2D eigenvalue weighted by atomic mass is 10.7. The molecule has 0 radical (unpaired) electrons. The number of halogens is 1. The van der Waals surface area contributed by atoms with Gasteiger partial charge < -0.3 is 0 Å². The Kier molecular flexibility index (Phi) is 3.88. The van der Waals surface area contributed by atoms with Crippen molar-refractivity contribution in [2.75, 3.05) is 13.1 Å². The lowest BCUT2D eigenvalue weighted by Crippen LogP contribution is -2.29. The fraction of sp³-hybridized carbons (Fsp3) is 0.571. The van der Waals surface area contributed by atoms with Crippen LogP contribution in [0.1, 0.15) is 13.8 Å². The molecule has 0 N–H and O–H groups in total. The van der Waals surface area contributed by atoms with Crippen LogP contribution in [0.3, 0.4) is 0 Å². The molecule has 7 heteroatoms. The molecule has 0 bridgehead atoms. The normalized spacial score (nSPS) is 12.3. The van der Waals surface area contributed by atoms with Crippen LogP contribution in [0.5, 0.6) is 0 Å². The minimum Gasteiger partial charge on any atom is -0.232 e. The van der Waals surface area contributed by atoms with Crippen LogP contribution in [0.15, 0.2) is 10.4 Å². The van der Waals surface area contributed by atoms with Crippen LogP contribution in [0.25, 0.3) is 0 Å². The van der Waals surface area contributed by atoms with Gasteiger partial charge in [0.25, 0.3) is 10.0 Å². The molecule has 0 amide bonds. The molecule has 0 spiro atoms.